The SMILES string of the molecule is CCN(CC)c1ccc2c(c1)Oc1c/c(=C/CCCN(C)C)c3ccccc3c1=N2. The van der Waals surface area contributed by atoms with Gasteiger partial charge in [0.2, 0.25) is 0 Å². The molecule has 0 amide bonds. The Morgan fingerprint density at radius 3 is 2.43 bits per heavy atom. The number of unbranched alkanes of at least 4 members (excludes halogenated alkanes) is 1. The van der Waals surface area contributed by atoms with Crippen molar-refractivity contribution in [3.8, 4) is 11.5 Å². The Morgan fingerprint density at radius 2 is 1.70 bits per heavy atom. The predicted molar refractivity (Wildman–Crippen MR) is 127 cm³/mol. The third-order valence-corrected chi connectivity index (χ3v) is 5.71. The first kappa shape index (κ1) is 20.4. The molecular formula is C26H31N3O. The molecular weight excluding hydrogens is 370 g/mol. The number of rotatable bonds is 7. The van der Waals surface area contributed by atoms with Crippen LogP contribution >= 0.6 is 0 Å². The van der Waals surface area contributed by atoms with Crippen LogP contribution in [-0.4, -0.2) is 38.6 Å². The van der Waals surface area contributed by atoms with Crippen LogP contribution < -0.4 is 20.2 Å². The Kier molecular flexibility index (Phi) is 6.05. The van der Waals surface area contributed by atoms with Crippen LogP contribution in [0.4, 0.5) is 11.4 Å². The van der Waals surface area contributed by atoms with Gasteiger partial charge < -0.3 is 14.5 Å². The summed E-state index contributed by atoms with van der Waals surface area (Å²) in [6.07, 6.45) is 4.51. The Bertz CT molecular complexity index is 1160. The van der Waals surface area contributed by atoms with Crippen molar-refractivity contribution in [3.63, 3.8) is 0 Å². The molecule has 0 aliphatic carbocycles. The molecule has 1 heterocycles. The average molecular weight is 402 g/mol. The smallest absolute Gasteiger partial charge is 0.155 e. The molecule has 0 aromatic heterocycles. The number of benzene rings is 3. The minimum Gasteiger partial charge on any atom is -0.453 e. The van der Waals surface area contributed by atoms with Gasteiger partial charge in [0.25, 0.3) is 0 Å². The molecule has 30 heavy (non-hydrogen) atoms. The van der Waals surface area contributed by atoms with Crippen molar-refractivity contribution in [3.05, 3.63) is 59.1 Å². The molecule has 0 saturated heterocycles. The van der Waals surface area contributed by atoms with Gasteiger partial charge in [0, 0.05) is 30.2 Å². The minimum absolute atomic E-state index is 0.834. The van der Waals surface area contributed by atoms with E-state index in [2.05, 4.69) is 92.3 Å². The normalized spacial score (nSPS) is 13.0. The molecule has 0 spiro atoms. The molecule has 4 heteroatoms. The van der Waals surface area contributed by atoms with Gasteiger partial charge in [0.1, 0.15) is 11.0 Å². The van der Waals surface area contributed by atoms with Crippen molar-refractivity contribution < 1.29 is 4.74 Å². The molecule has 4 rings (SSSR count). The van der Waals surface area contributed by atoms with Crippen LogP contribution in [0, 0.1) is 0 Å². The zero-order valence-corrected chi connectivity index (χ0v) is 18.5. The molecule has 0 N–H and O–H groups in total. The van der Waals surface area contributed by atoms with Crippen molar-refractivity contribution in [2.24, 2.45) is 4.99 Å². The quantitative estimate of drug-likeness (QED) is 0.414. The fourth-order valence-electron chi connectivity index (χ4n) is 4.09. The van der Waals surface area contributed by atoms with E-state index in [1.807, 2.05) is 0 Å². The van der Waals surface area contributed by atoms with E-state index in [9.17, 15) is 0 Å². The van der Waals surface area contributed by atoms with Crippen molar-refractivity contribution in [1.82, 2.24) is 4.90 Å². The molecule has 0 saturated carbocycles. The standard InChI is InChI=1S/C26H31N3O/c1-5-29(6-2)20-14-15-23-24(18-20)30-25-17-19(11-9-10-16-28(3)4)21-12-7-8-13-22(21)26(25)27-23/h7-8,11-15,17-18H,5-6,9-10,16H2,1-4H3/b19-11-. The Balaban J connectivity index is 1.79. The van der Waals surface area contributed by atoms with Gasteiger partial charge in [-0.05, 0) is 76.1 Å². The molecule has 0 unspecified atom stereocenters. The van der Waals surface area contributed by atoms with E-state index in [1.54, 1.807) is 0 Å². The van der Waals surface area contributed by atoms with Crippen molar-refractivity contribution in [2.75, 3.05) is 38.6 Å². The molecule has 0 bridgehead atoms. The second-order valence-corrected chi connectivity index (χ2v) is 8.05. The lowest BCUT2D eigenvalue weighted by atomic mass is 10.0. The van der Waals surface area contributed by atoms with Gasteiger partial charge in [-0.2, -0.15) is 0 Å². The summed E-state index contributed by atoms with van der Waals surface area (Å²) in [6, 6.07) is 17.0. The maximum absolute atomic E-state index is 6.40. The Morgan fingerprint density at radius 1 is 0.933 bits per heavy atom. The van der Waals surface area contributed by atoms with Gasteiger partial charge in [-0.25, -0.2) is 4.99 Å². The van der Waals surface area contributed by atoms with Gasteiger partial charge in [0.05, 0.1) is 0 Å². The van der Waals surface area contributed by atoms with Crippen LogP contribution in [-0.2, 0) is 0 Å². The van der Waals surface area contributed by atoms with Crippen molar-refractivity contribution in [1.29, 1.82) is 0 Å². The summed E-state index contributed by atoms with van der Waals surface area (Å²) in [5.74, 6) is 1.68. The first-order valence-electron chi connectivity index (χ1n) is 10.9. The van der Waals surface area contributed by atoms with Crippen molar-refractivity contribution in [2.45, 2.75) is 26.7 Å². The van der Waals surface area contributed by atoms with Gasteiger partial charge in [0.15, 0.2) is 11.5 Å². The highest BCUT2D eigenvalue weighted by Gasteiger charge is 2.16. The molecule has 4 nitrogen and oxygen atoms in total. The summed E-state index contributed by atoms with van der Waals surface area (Å²) in [5.41, 5.74) is 2.07. The highest BCUT2D eigenvalue weighted by Crippen LogP contribution is 2.37. The molecule has 156 valence electrons. The molecule has 0 fully saturated rings. The zero-order chi connectivity index (χ0) is 21.1. The summed E-state index contributed by atoms with van der Waals surface area (Å²) in [4.78, 5) is 9.54. The predicted octanol–water partition coefficient (Wildman–Crippen LogP) is 4.87. The van der Waals surface area contributed by atoms with Gasteiger partial charge in [-0.1, -0.05) is 30.3 Å². The fraction of sp³-hybridized carbons (Fsp3) is 0.346. The van der Waals surface area contributed by atoms with E-state index >= 15 is 0 Å². The van der Waals surface area contributed by atoms with Crippen LogP contribution in [0.25, 0.3) is 16.8 Å². The number of ether oxygens (including phenoxy) is 1. The number of nitrogens with zero attached hydrogens (tertiary/aromatic N) is 3. The Hall–Kier alpha value is -2.85. The summed E-state index contributed by atoms with van der Waals surface area (Å²) in [6.45, 7) is 7.38. The van der Waals surface area contributed by atoms with Crippen LogP contribution in [0.15, 0.2) is 53.5 Å². The summed E-state index contributed by atoms with van der Waals surface area (Å²) < 4.78 is 6.40. The maximum Gasteiger partial charge on any atom is 0.155 e. The van der Waals surface area contributed by atoms with Crippen molar-refractivity contribution >= 4 is 28.2 Å². The molecule has 3 aromatic rings. The fourth-order valence-corrected chi connectivity index (χ4v) is 4.09. The van der Waals surface area contributed by atoms with E-state index < -0.39 is 0 Å². The topological polar surface area (TPSA) is 28.1 Å². The van der Waals surface area contributed by atoms with E-state index in [-0.39, 0.29) is 0 Å². The van der Waals surface area contributed by atoms with Crippen LogP contribution in [0.1, 0.15) is 26.7 Å². The van der Waals surface area contributed by atoms with Crippen LogP contribution in [0.2, 0.25) is 0 Å². The molecule has 0 atom stereocenters. The first-order valence-corrected chi connectivity index (χ1v) is 10.9. The highest BCUT2D eigenvalue weighted by atomic mass is 16.5. The average Bonchev–Trinajstić information content (AvgIpc) is 2.76. The summed E-state index contributed by atoms with van der Waals surface area (Å²) in [5, 5.41) is 4.53. The summed E-state index contributed by atoms with van der Waals surface area (Å²) >= 11 is 0. The van der Waals surface area contributed by atoms with Crippen LogP contribution in [0.3, 0.4) is 0 Å². The zero-order valence-electron chi connectivity index (χ0n) is 18.5. The Labute approximate surface area is 179 Å². The van der Waals surface area contributed by atoms with E-state index in [4.69, 9.17) is 9.73 Å². The summed E-state index contributed by atoms with van der Waals surface area (Å²) in [7, 11) is 4.24. The molecule has 0 radical (unpaired) electrons. The van der Waals surface area contributed by atoms with Gasteiger partial charge >= 0.3 is 0 Å². The number of anilines is 1. The highest BCUT2D eigenvalue weighted by molar-refractivity contribution is 5.85. The molecule has 1 aliphatic heterocycles. The van der Waals surface area contributed by atoms with Gasteiger partial charge in [-0.15, -0.1) is 0 Å². The van der Waals surface area contributed by atoms with Gasteiger partial charge in [-0.3, -0.25) is 0 Å². The first-order chi connectivity index (χ1) is 14.6. The maximum atomic E-state index is 6.40. The second kappa shape index (κ2) is 8.88. The largest absolute Gasteiger partial charge is 0.453 e. The van der Waals surface area contributed by atoms with E-state index in [0.717, 1.165) is 60.4 Å². The lowest BCUT2D eigenvalue weighted by molar-refractivity contribution is 0.403. The third kappa shape index (κ3) is 4.05. The van der Waals surface area contributed by atoms with Crippen LogP contribution in [0.5, 0.6) is 11.5 Å². The lowest BCUT2D eigenvalue weighted by Crippen LogP contribution is -2.22. The number of hydrogen-bond acceptors (Lipinski definition) is 4. The minimum atomic E-state index is 0.834. The lowest BCUT2D eigenvalue weighted by Gasteiger charge is -2.23. The molecule has 1 aliphatic rings. The number of hydrogen-bond donors (Lipinski definition) is 0. The number of fused-ring (bicyclic) bond motifs is 4. The second-order valence-electron chi connectivity index (χ2n) is 8.05. The monoisotopic (exact) mass is 401 g/mol. The van der Waals surface area contributed by atoms with E-state index in [1.165, 1.54) is 16.3 Å². The van der Waals surface area contributed by atoms with E-state index in [0.29, 0.717) is 0 Å². The third-order valence-electron chi connectivity index (χ3n) is 5.71. The molecule has 3 aromatic carbocycles.